The minimum atomic E-state index is 0.584. The number of nitrogen functional groups attached to an aromatic ring is 1. The molecule has 0 fully saturated rings. The van der Waals surface area contributed by atoms with Gasteiger partial charge in [0.15, 0.2) is 0 Å². The molecule has 0 radical (unpaired) electrons. The van der Waals surface area contributed by atoms with E-state index in [0.29, 0.717) is 11.7 Å². The average molecular weight is 197 g/mol. The number of rotatable bonds is 3. The summed E-state index contributed by atoms with van der Waals surface area (Å²) in [7, 11) is 0. The summed E-state index contributed by atoms with van der Waals surface area (Å²) >= 11 is 1.74. The van der Waals surface area contributed by atoms with Crippen molar-refractivity contribution in [3.8, 4) is 0 Å². The van der Waals surface area contributed by atoms with Crippen molar-refractivity contribution in [3.63, 3.8) is 0 Å². The molecular weight excluding hydrogens is 182 g/mol. The monoisotopic (exact) mass is 197 g/mol. The van der Waals surface area contributed by atoms with Crippen LogP contribution in [0.5, 0.6) is 0 Å². The molecule has 1 heterocycles. The molecule has 0 unspecified atom stereocenters. The molecule has 0 saturated carbocycles. The first-order valence-corrected chi connectivity index (χ1v) is 5.29. The summed E-state index contributed by atoms with van der Waals surface area (Å²) in [6, 6.07) is 0. The molecule has 0 spiro atoms. The van der Waals surface area contributed by atoms with Gasteiger partial charge in [-0.2, -0.15) is 0 Å². The average Bonchev–Trinajstić information content (AvgIpc) is 2.07. The maximum absolute atomic E-state index is 5.66. The first kappa shape index (κ1) is 10.3. The van der Waals surface area contributed by atoms with Crippen LogP contribution in [0, 0.1) is 12.8 Å². The first-order valence-electron chi connectivity index (χ1n) is 4.31. The van der Waals surface area contributed by atoms with Gasteiger partial charge in [0.2, 0.25) is 0 Å². The van der Waals surface area contributed by atoms with Crippen molar-refractivity contribution < 1.29 is 0 Å². The fraction of sp³-hybridized carbons (Fsp3) is 0.556. The highest BCUT2D eigenvalue weighted by atomic mass is 32.2. The zero-order valence-corrected chi connectivity index (χ0v) is 9.06. The Bertz CT molecular complexity index is 286. The zero-order valence-electron chi connectivity index (χ0n) is 8.24. The molecule has 13 heavy (non-hydrogen) atoms. The predicted octanol–water partition coefficient (Wildman–Crippen LogP) is 2.12. The van der Waals surface area contributed by atoms with Gasteiger partial charge in [0.05, 0.1) is 0 Å². The first-order chi connectivity index (χ1) is 6.11. The van der Waals surface area contributed by atoms with Crippen molar-refractivity contribution in [2.24, 2.45) is 5.92 Å². The molecule has 1 rings (SSSR count). The van der Waals surface area contributed by atoms with Crippen LogP contribution in [0.3, 0.4) is 0 Å². The van der Waals surface area contributed by atoms with Crippen LogP contribution in [-0.4, -0.2) is 15.7 Å². The maximum Gasteiger partial charge on any atom is 0.130 e. The lowest BCUT2D eigenvalue weighted by molar-refractivity contribution is 0.749. The Morgan fingerprint density at radius 3 is 2.77 bits per heavy atom. The molecule has 72 valence electrons. The predicted molar refractivity (Wildman–Crippen MR) is 56.7 cm³/mol. The third-order valence-corrected chi connectivity index (χ3v) is 3.15. The summed E-state index contributed by atoms with van der Waals surface area (Å²) in [5.74, 6) is 2.32. The minimum absolute atomic E-state index is 0.584. The van der Waals surface area contributed by atoms with E-state index in [1.807, 2.05) is 6.92 Å². The van der Waals surface area contributed by atoms with Crippen molar-refractivity contribution in [3.05, 3.63) is 11.9 Å². The van der Waals surface area contributed by atoms with Gasteiger partial charge in [-0.05, 0) is 12.8 Å². The van der Waals surface area contributed by atoms with Crippen LogP contribution in [0.25, 0.3) is 0 Å². The highest BCUT2D eigenvalue weighted by Gasteiger charge is 2.05. The summed E-state index contributed by atoms with van der Waals surface area (Å²) in [6.07, 6.45) is 1.52. The molecule has 0 saturated heterocycles. The fourth-order valence-electron chi connectivity index (χ4n) is 0.838. The highest BCUT2D eigenvalue weighted by Crippen LogP contribution is 2.23. The molecule has 3 nitrogen and oxygen atoms in total. The van der Waals surface area contributed by atoms with Crippen LogP contribution < -0.4 is 5.73 Å². The van der Waals surface area contributed by atoms with Gasteiger partial charge in [-0.15, -0.1) is 11.8 Å². The van der Waals surface area contributed by atoms with Crippen LogP contribution in [0.4, 0.5) is 5.82 Å². The second-order valence-corrected chi connectivity index (χ2v) is 4.40. The molecule has 1 aromatic heterocycles. The maximum atomic E-state index is 5.66. The van der Waals surface area contributed by atoms with Gasteiger partial charge in [0.25, 0.3) is 0 Å². The Hall–Kier alpha value is -0.770. The van der Waals surface area contributed by atoms with E-state index < -0.39 is 0 Å². The van der Waals surface area contributed by atoms with Gasteiger partial charge in [0.1, 0.15) is 17.2 Å². The molecule has 0 aliphatic rings. The van der Waals surface area contributed by atoms with E-state index in [4.69, 9.17) is 5.73 Å². The smallest absolute Gasteiger partial charge is 0.130 e. The van der Waals surface area contributed by atoms with Gasteiger partial charge in [-0.25, -0.2) is 9.97 Å². The van der Waals surface area contributed by atoms with Crippen molar-refractivity contribution in [1.82, 2.24) is 9.97 Å². The van der Waals surface area contributed by atoms with Crippen LogP contribution in [0.2, 0.25) is 0 Å². The van der Waals surface area contributed by atoms with Crippen molar-refractivity contribution in [2.45, 2.75) is 25.8 Å². The number of hydrogen-bond donors (Lipinski definition) is 1. The van der Waals surface area contributed by atoms with Crippen molar-refractivity contribution in [2.75, 3.05) is 11.5 Å². The third-order valence-electron chi connectivity index (χ3n) is 1.63. The lowest BCUT2D eigenvalue weighted by Gasteiger charge is -2.07. The largest absolute Gasteiger partial charge is 0.383 e. The van der Waals surface area contributed by atoms with E-state index in [1.165, 1.54) is 6.33 Å². The van der Waals surface area contributed by atoms with E-state index in [0.717, 1.165) is 16.3 Å². The van der Waals surface area contributed by atoms with E-state index in [-0.39, 0.29) is 0 Å². The van der Waals surface area contributed by atoms with Crippen molar-refractivity contribution >= 4 is 17.6 Å². The summed E-state index contributed by atoms with van der Waals surface area (Å²) < 4.78 is 0. The molecule has 1 aromatic rings. The van der Waals surface area contributed by atoms with E-state index in [2.05, 4.69) is 23.8 Å². The van der Waals surface area contributed by atoms with Gasteiger partial charge >= 0.3 is 0 Å². The van der Waals surface area contributed by atoms with E-state index in [1.54, 1.807) is 11.8 Å². The Kier molecular flexibility index (Phi) is 3.54. The van der Waals surface area contributed by atoms with Gasteiger partial charge in [-0.3, -0.25) is 0 Å². The van der Waals surface area contributed by atoms with E-state index in [9.17, 15) is 0 Å². The highest BCUT2D eigenvalue weighted by molar-refractivity contribution is 7.99. The minimum Gasteiger partial charge on any atom is -0.383 e. The number of hydrogen-bond acceptors (Lipinski definition) is 4. The molecule has 2 N–H and O–H groups in total. The van der Waals surface area contributed by atoms with Crippen LogP contribution >= 0.6 is 11.8 Å². The molecule has 0 aliphatic heterocycles. The number of nitrogens with zero attached hydrogens (tertiary/aromatic N) is 2. The number of anilines is 1. The SMILES string of the molecule is Cc1c(N)ncnc1SCC(C)C. The fourth-order valence-corrected chi connectivity index (χ4v) is 1.77. The molecular formula is C9H15N3S. The molecule has 0 amide bonds. The lowest BCUT2D eigenvalue weighted by Crippen LogP contribution is -1.99. The molecule has 0 bridgehead atoms. The molecule has 0 aliphatic carbocycles. The normalized spacial score (nSPS) is 10.8. The summed E-state index contributed by atoms with van der Waals surface area (Å²) in [5, 5.41) is 1.00. The van der Waals surface area contributed by atoms with Crippen LogP contribution in [0.1, 0.15) is 19.4 Å². The second-order valence-electron chi connectivity index (χ2n) is 3.39. The second kappa shape index (κ2) is 4.46. The Balaban J connectivity index is 2.71. The zero-order chi connectivity index (χ0) is 9.84. The molecule has 0 atom stereocenters. The lowest BCUT2D eigenvalue weighted by atomic mass is 10.3. The van der Waals surface area contributed by atoms with Gasteiger partial charge < -0.3 is 5.73 Å². The molecule has 0 aromatic carbocycles. The van der Waals surface area contributed by atoms with Gasteiger partial charge in [-0.1, -0.05) is 13.8 Å². The Morgan fingerprint density at radius 1 is 1.46 bits per heavy atom. The summed E-state index contributed by atoms with van der Waals surface area (Å²) in [5.41, 5.74) is 6.66. The van der Waals surface area contributed by atoms with Gasteiger partial charge in [0, 0.05) is 11.3 Å². The third kappa shape index (κ3) is 2.88. The Labute approximate surface area is 83.2 Å². The van der Waals surface area contributed by atoms with Crippen LogP contribution in [-0.2, 0) is 0 Å². The quantitative estimate of drug-likeness (QED) is 0.595. The van der Waals surface area contributed by atoms with E-state index >= 15 is 0 Å². The number of aromatic nitrogens is 2. The summed E-state index contributed by atoms with van der Waals surface area (Å²) in [4.78, 5) is 8.10. The number of nitrogens with two attached hydrogens (primary N) is 1. The van der Waals surface area contributed by atoms with Crippen molar-refractivity contribution in [1.29, 1.82) is 0 Å². The molecule has 4 heteroatoms. The Morgan fingerprint density at radius 2 is 2.15 bits per heavy atom. The topological polar surface area (TPSA) is 51.8 Å². The number of thioether (sulfide) groups is 1. The van der Waals surface area contributed by atoms with Crippen LogP contribution in [0.15, 0.2) is 11.4 Å². The summed E-state index contributed by atoms with van der Waals surface area (Å²) in [6.45, 7) is 6.33. The standard InChI is InChI=1S/C9H15N3S/c1-6(2)4-13-9-7(3)8(10)11-5-12-9/h5-6H,4H2,1-3H3,(H2,10,11,12).